The second kappa shape index (κ2) is 5.48. The summed E-state index contributed by atoms with van der Waals surface area (Å²) in [5.41, 5.74) is 0.507. The van der Waals surface area contributed by atoms with E-state index in [2.05, 4.69) is 4.98 Å². The van der Waals surface area contributed by atoms with Crippen LogP contribution in [0.4, 0.5) is 27.8 Å². The maximum absolute atomic E-state index is 13.7. The second-order valence-corrected chi connectivity index (χ2v) is 6.39. The predicted octanol–water partition coefficient (Wildman–Crippen LogP) is 3.66. The van der Waals surface area contributed by atoms with Gasteiger partial charge in [0.15, 0.2) is 28.2 Å². The highest BCUT2D eigenvalue weighted by Crippen LogP contribution is 2.28. The SMILES string of the molecule is O=S(=O)(Nc1cc2ccccc2[nH]1)c1c(F)c(F)c(F)c(F)c1F. The van der Waals surface area contributed by atoms with Gasteiger partial charge in [-0.25, -0.2) is 30.4 Å². The first-order valence-corrected chi connectivity index (χ1v) is 7.82. The minimum atomic E-state index is -5.06. The standard InChI is InChI=1S/C14H7F5N2O2S/c15-9-10(16)12(18)14(13(19)11(9)17)24(22,23)21-8-5-6-3-1-2-4-7(6)20-8/h1-5,20-21H. The summed E-state index contributed by atoms with van der Waals surface area (Å²) in [6.07, 6.45) is 0. The van der Waals surface area contributed by atoms with Gasteiger partial charge >= 0.3 is 0 Å². The molecule has 0 unspecified atom stereocenters. The fraction of sp³-hybridized carbons (Fsp3) is 0. The molecule has 0 fully saturated rings. The van der Waals surface area contributed by atoms with Crippen LogP contribution in [-0.4, -0.2) is 13.4 Å². The molecule has 24 heavy (non-hydrogen) atoms. The summed E-state index contributed by atoms with van der Waals surface area (Å²) in [6, 6.07) is 7.85. The molecule has 0 bridgehead atoms. The highest BCUT2D eigenvalue weighted by atomic mass is 32.2. The number of para-hydroxylation sites is 1. The first-order valence-electron chi connectivity index (χ1n) is 6.34. The van der Waals surface area contributed by atoms with E-state index in [0.717, 1.165) is 0 Å². The first kappa shape index (κ1) is 16.2. The number of H-pyrrole nitrogens is 1. The molecule has 0 saturated carbocycles. The molecule has 0 aliphatic heterocycles. The van der Waals surface area contributed by atoms with Crippen molar-refractivity contribution in [1.29, 1.82) is 0 Å². The highest BCUT2D eigenvalue weighted by Gasteiger charge is 2.33. The van der Waals surface area contributed by atoms with Gasteiger partial charge in [-0.3, -0.25) is 4.72 Å². The van der Waals surface area contributed by atoms with Crippen molar-refractivity contribution < 1.29 is 30.4 Å². The van der Waals surface area contributed by atoms with E-state index in [9.17, 15) is 30.4 Å². The number of halogens is 5. The van der Waals surface area contributed by atoms with E-state index in [1.807, 2.05) is 0 Å². The zero-order chi connectivity index (χ0) is 17.6. The molecule has 1 heterocycles. The normalized spacial score (nSPS) is 11.9. The van der Waals surface area contributed by atoms with Crippen LogP contribution in [0.5, 0.6) is 0 Å². The number of hydrogen-bond acceptors (Lipinski definition) is 2. The molecule has 0 amide bonds. The summed E-state index contributed by atoms with van der Waals surface area (Å²) in [6.45, 7) is 0. The van der Waals surface area contributed by atoms with Crippen molar-refractivity contribution in [2.75, 3.05) is 4.72 Å². The van der Waals surface area contributed by atoms with Crippen molar-refractivity contribution >= 4 is 26.7 Å². The van der Waals surface area contributed by atoms with Crippen LogP contribution in [0, 0.1) is 29.1 Å². The number of aromatic amines is 1. The monoisotopic (exact) mass is 362 g/mol. The third kappa shape index (κ3) is 2.48. The van der Waals surface area contributed by atoms with Crippen LogP contribution >= 0.6 is 0 Å². The third-order valence-electron chi connectivity index (χ3n) is 3.21. The predicted molar refractivity (Wildman–Crippen MR) is 75.3 cm³/mol. The van der Waals surface area contributed by atoms with Crippen LogP contribution in [0.1, 0.15) is 0 Å². The van der Waals surface area contributed by atoms with E-state index in [4.69, 9.17) is 0 Å². The number of aromatic nitrogens is 1. The van der Waals surface area contributed by atoms with Crippen LogP contribution in [0.3, 0.4) is 0 Å². The Hall–Kier alpha value is -2.62. The van der Waals surface area contributed by atoms with E-state index in [1.54, 1.807) is 29.0 Å². The van der Waals surface area contributed by atoms with Gasteiger partial charge in [-0.2, -0.15) is 0 Å². The quantitative estimate of drug-likeness (QED) is 0.424. The Morgan fingerprint density at radius 3 is 1.96 bits per heavy atom. The van der Waals surface area contributed by atoms with Crippen molar-refractivity contribution in [2.45, 2.75) is 4.90 Å². The van der Waals surface area contributed by atoms with E-state index in [0.29, 0.717) is 10.9 Å². The molecule has 1 aromatic heterocycles. The summed E-state index contributed by atoms with van der Waals surface area (Å²) >= 11 is 0. The highest BCUT2D eigenvalue weighted by molar-refractivity contribution is 7.92. The molecule has 0 aliphatic carbocycles. The number of fused-ring (bicyclic) bond motifs is 1. The van der Waals surface area contributed by atoms with Gasteiger partial charge in [0.25, 0.3) is 10.0 Å². The lowest BCUT2D eigenvalue weighted by atomic mass is 10.3. The maximum atomic E-state index is 13.7. The molecule has 0 radical (unpaired) electrons. The van der Waals surface area contributed by atoms with Crippen LogP contribution in [0.15, 0.2) is 35.2 Å². The van der Waals surface area contributed by atoms with Gasteiger partial charge in [0.2, 0.25) is 5.82 Å². The smallest absolute Gasteiger partial charge is 0.269 e. The number of anilines is 1. The number of hydrogen-bond donors (Lipinski definition) is 2. The van der Waals surface area contributed by atoms with Gasteiger partial charge in [-0.05, 0) is 12.1 Å². The van der Waals surface area contributed by atoms with Crippen molar-refractivity contribution in [2.24, 2.45) is 0 Å². The molecule has 3 aromatic rings. The van der Waals surface area contributed by atoms with Crippen molar-refractivity contribution in [3.63, 3.8) is 0 Å². The molecular weight excluding hydrogens is 355 g/mol. The lowest BCUT2D eigenvalue weighted by Gasteiger charge is -2.10. The van der Waals surface area contributed by atoms with Crippen LogP contribution < -0.4 is 4.72 Å². The van der Waals surface area contributed by atoms with E-state index >= 15 is 0 Å². The summed E-state index contributed by atoms with van der Waals surface area (Å²) < 4.78 is 92.6. The van der Waals surface area contributed by atoms with Gasteiger partial charge in [0.1, 0.15) is 5.82 Å². The molecule has 0 aliphatic rings. The number of benzene rings is 2. The van der Waals surface area contributed by atoms with Gasteiger partial charge in [0, 0.05) is 10.9 Å². The Balaban J connectivity index is 2.11. The van der Waals surface area contributed by atoms with Crippen molar-refractivity contribution in [3.05, 3.63) is 59.4 Å². The molecule has 0 atom stereocenters. The van der Waals surface area contributed by atoms with E-state index in [-0.39, 0.29) is 5.82 Å². The molecule has 0 spiro atoms. The van der Waals surface area contributed by atoms with Crippen LogP contribution in [0.25, 0.3) is 10.9 Å². The van der Waals surface area contributed by atoms with Gasteiger partial charge in [0.05, 0.1) is 0 Å². The van der Waals surface area contributed by atoms with Gasteiger partial charge in [-0.1, -0.05) is 18.2 Å². The van der Waals surface area contributed by atoms with Crippen molar-refractivity contribution in [3.8, 4) is 0 Å². The molecule has 4 nitrogen and oxygen atoms in total. The molecular formula is C14H7F5N2O2S. The fourth-order valence-corrected chi connectivity index (χ4v) is 3.30. The Morgan fingerprint density at radius 1 is 0.833 bits per heavy atom. The van der Waals surface area contributed by atoms with E-state index < -0.39 is 44.0 Å². The average molecular weight is 362 g/mol. The molecule has 3 rings (SSSR count). The minimum Gasteiger partial charge on any atom is -0.341 e. The topological polar surface area (TPSA) is 62.0 Å². The second-order valence-electron chi connectivity index (χ2n) is 4.77. The summed E-state index contributed by atoms with van der Waals surface area (Å²) in [5, 5.41) is 0.576. The molecule has 0 saturated heterocycles. The van der Waals surface area contributed by atoms with Crippen LogP contribution in [0.2, 0.25) is 0 Å². The average Bonchev–Trinajstić information content (AvgIpc) is 2.92. The van der Waals surface area contributed by atoms with Gasteiger partial charge in [-0.15, -0.1) is 0 Å². The summed E-state index contributed by atoms with van der Waals surface area (Å²) in [7, 11) is -5.06. The zero-order valence-electron chi connectivity index (χ0n) is 11.5. The van der Waals surface area contributed by atoms with Gasteiger partial charge < -0.3 is 4.98 Å². The Bertz CT molecular complexity index is 1000. The maximum Gasteiger partial charge on any atom is 0.269 e. The molecule has 10 heteroatoms. The minimum absolute atomic E-state index is 0.194. The van der Waals surface area contributed by atoms with E-state index in [1.165, 1.54) is 6.07 Å². The lowest BCUT2D eigenvalue weighted by Crippen LogP contribution is -2.19. The fourth-order valence-electron chi connectivity index (χ4n) is 2.14. The number of sulfonamides is 1. The Labute approximate surface area is 132 Å². The van der Waals surface area contributed by atoms with Crippen molar-refractivity contribution in [1.82, 2.24) is 4.98 Å². The molecule has 126 valence electrons. The summed E-state index contributed by atoms with van der Waals surface area (Å²) in [5.74, 6) is -12.2. The lowest BCUT2D eigenvalue weighted by molar-refractivity contribution is 0.358. The molecule has 2 N–H and O–H groups in total. The molecule has 2 aromatic carbocycles. The summed E-state index contributed by atoms with van der Waals surface area (Å²) in [4.78, 5) is 0.658. The number of nitrogens with one attached hydrogen (secondary N) is 2. The Morgan fingerprint density at radius 2 is 1.38 bits per heavy atom. The largest absolute Gasteiger partial charge is 0.341 e. The zero-order valence-corrected chi connectivity index (χ0v) is 12.3. The number of rotatable bonds is 3. The Kier molecular flexibility index (Phi) is 3.71. The van der Waals surface area contributed by atoms with Crippen LogP contribution in [-0.2, 0) is 10.0 Å². The third-order valence-corrected chi connectivity index (χ3v) is 4.60. The first-order chi connectivity index (χ1) is 11.2.